The summed E-state index contributed by atoms with van der Waals surface area (Å²) >= 11 is 0. The molecular weight excluding hydrogens is 362 g/mol. The zero-order chi connectivity index (χ0) is 19.6. The first-order valence-electron chi connectivity index (χ1n) is 9.69. The van der Waals surface area contributed by atoms with Crippen LogP contribution in [0.4, 0.5) is 0 Å². The van der Waals surface area contributed by atoms with E-state index >= 15 is 0 Å². The molecule has 0 spiro atoms. The molecule has 0 bridgehead atoms. The summed E-state index contributed by atoms with van der Waals surface area (Å²) in [6.07, 6.45) is 2.93. The third kappa shape index (κ3) is 4.13. The molecule has 3 rings (SSSR count). The average Bonchev–Trinajstić information content (AvgIpc) is 3.03. The van der Waals surface area contributed by atoms with Crippen molar-refractivity contribution in [2.24, 2.45) is 0 Å². The highest BCUT2D eigenvalue weighted by atomic mass is 32.2. The third-order valence-corrected chi connectivity index (χ3v) is 6.86. The Labute approximate surface area is 160 Å². The first-order chi connectivity index (χ1) is 12.9. The Morgan fingerprint density at radius 3 is 2.33 bits per heavy atom. The standard InChI is InChI=1S/C20H27N3O3S/c1-4-10-23(15-9-11-27(25,26)13-15)20(24)14-7-8-18-19(12-14)22-17(6-3)16(5-2)21-18/h7-8,12,15H,4-6,9-11,13H2,1-3H3/t15-/m0/s1. The molecule has 1 aromatic carbocycles. The Balaban J connectivity index is 1.95. The van der Waals surface area contributed by atoms with E-state index in [4.69, 9.17) is 4.98 Å². The van der Waals surface area contributed by atoms with Crippen LogP contribution < -0.4 is 0 Å². The molecule has 1 amide bonds. The largest absolute Gasteiger partial charge is 0.335 e. The fourth-order valence-electron chi connectivity index (χ4n) is 3.70. The minimum atomic E-state index is -3.04. The molecule has 6 nitrogen and oxygen atoms in total. The molecule has 0 saturated carbocycles. The Morgan fingerprint density at radius 1 is 1.11 bits per heavy atom. The van der Waals surface area contributed by atoms with E-state index in [-0.39, 0.29) is 23.5 Å². The highest BCUT2D eigenvalue weighted by Gasteiger charge is 2.34. The monoisotopic (exact) mass is 389 g/mol. The Kier molecular flexibility index (Phi) is 5.79. The Bertz CT molecular complexity index is 956. The van der Waals surface area contributed by atoms with E-state index in [0.29, 0.717) is 24.0 Å². The number of fused-ring (bicyclic) bond motifs is 1. The lowest BCUT2D eigenvalue weighted by Crippen LogP contribution is -2.41. The molecular formula is C20H27N3O3S. The van der Waals surface area contributed by atoms with Crippen LogP contribution in [-0.4, -0.2) is 53.3 Å². The van der Waals surface area contributed by atoms with Crippen LogP contribution in [0.25, 0.3) is 11.0 Å². The van der Waals surface area contributed by atoms with Gasteiger partial charge in [0.05, 0.1) is 33.9 Å². The number of aryl methyl sites for hydroxylation is 2. The molecule has 146 valence electrons. The van der Waals surface area contributed by atoms with Gasteiger partial charge in [-0.1, -0.05) is 20.8 Å². The molecule has 1 atom stereocenters. The molecule has 0 N–H and O–H groups in total. The zero-order valence-electron chi connectivity index (χ0n) is 16.2. The van der Waals surface area contributed by atoms with Crippen molar-refractivity contribution in [3.05, 3.63) is 35.2 Å². The van der Waals surface area contributed by atoms with Gasteiger partial charge in [0.1, 0.15) is 0 Å². The second-order valence-corrected chi connectivity index (χ2v) is 9.31. The topological polar surface area (TPSA) is 80.2 Å². The fraction of sp³-hybridized carbons (Fsp3) is 0.550. The average molecular weight is 390 g/mol. The van der Waals surface area contributed by atoms with Crippen molar-refractivity contribution in [1.29, 1.82) is 0 Å². The van der Waals surface area contributed by atoms with Gasteiger partial charge in [0.15, 0.2) is 9.84 Å². The molecule has 1 aliphatic rings. The van der Waals surface area contributed by atoms with Crippen LogP contribution in [-0.2, 0) is 22.7 Å². The maximum Gasteiger partial charge on any atom is 0.254 e. The van der Waals surface area contributed by atoms with Crippen molar-refractivity contribution >= 4 is 26.8 Å². The summed E-state index contributed by atoms with van der Waals surface area (Å²) < 4.78 is 23.7. The number of hydrogen-bond acceptors (Lipinski definition) is 5. The van der Waals surface area contributed by atoms with Crippen molar-refractivity contribution in [1.82, 2.24) is 14.9 Å². The number of hydrogen-bond donors (Lipinski definition) is 0. The van der Waals surface area contributed by atoms with E-state index in [2.05, 4.69) is 11.9 Å². The van der Waals surface area contributed by atoms with Gasteiger partial charge in [-0.15, -0.1) is 0 Å². The number of sulfone groups is 1. The SMILES string of the molecule is CCCN(C(=O)c1ccc2nc(CC)c(CC)nc2c1)[C@H]1CCS(=O)(=O)C1. The van der Waals surface area contributed by atoms with E-state index in [1.165, 1.54) is 0 Å². The van der Waals surface area contributed by atoms with Gasteiger partial charge in [-0.3, -0.25) is 4.79 Å². The van der Waals surface area contributed by atoms with Crippen LogP contribution in [0.2, 0.25) is 0 Å². The van der Waals surface area contributed by atoms with Crippen LogP contribution in [0, 0.1) is 0 Å². The summed E-state index contributed by atoms with van der Waals surface area (Å²) in [6, 6.07) is 5.16. The summed E-state index contributed by atoms with van der Waals surface area (Å²) in [7, 11) is -3.04. The van der Waals surface area contributed by atoms with E-state index in [9.17, 15) is 13.2 Å². The van der Waals surface area contributed by atoms with Gasteiger partial charge in [0, 0.05) is 18.2 Å². The van der Waals surface area contributed by atoms with Crippen LogP contribution in [0.3, 0.4) is 0 Å². The highest BCUT2D eigenvalue weighted by molar-refractivity contribution is 7.91. The predicted molar refractivity (Wildman–Crippen MR) is 107 cm³/mol. The predicted octanol–water partition coefficient (Wildman–Crippen LogP) is 2.79. The fourth-order valence-corrected chi connectivity index (χ4v) is 5.44. The first-order valence-corrected chi connectivity index (χ1v) is 11.5. The van der Waals surface area contributed by atoms with Gasteiger partial charge < -0.3 is 4.90 Å². The van der Waals surface area contributed by atoms with Gasteiger partial charge in [-0.25, -0.2) is 18.4 Å². The molecule has 0 aliphatic carbocycles. The molecule has 1 aliphatic heterocycles. The summed E-state index contributed by atoms with van der Waals surface area (Å²) in [5.74, 6) is 0.0975. The van der Waals surface area contributed by atoms with E-state index in [1.54, 1.807) is 17.0 Å². The van der Waals surface area contributed by atoms with Gasteiger partial charge in [0.25, 0.3) is 5.91 Å². The number of benzene rings is 1. The van der Waals surface area contributed by atoms with Crippen molar-refractivity contribution < 1.29 is 13.2 Å². The van der Waals surface area contributed by atoms with Crippen molar-refractivity contribution in [3.63, 3.8) is 0 Å². The molecule has 2 aromatic rings. The minimum Gasteiger partial charge on any atom is -0.335 e. The summed E-state index contributed by atoms with van der Waals surface area (Å²) in [5.41, 5.74) is 3.99. The molecule has 0 unspecified atom stereocenters. The number of nitrogens with zero attached hydrogens (tertiary/aromatic N) is 3. The summed E-state index contributed by atoms with van der Waals surface area (Å²) in [5, 5.41) is 0. The lowest BCUT2D eigenvalue weighted by Gasteiger charge is -2.28. The van der Waals surface area contributed by atoms with Crippen LogP contribution in [0.15, 0.2) is 18.2 Å². The van der Waals surface area contributed by atoms with E-state index in [0.717, 1.165) is 36.2 Å². The van der Waals surface area contributed by atoms with Gasteiger partial charge >= 0.3 is 0 Å². The summed E-state index contributed by atoms with van der Waals surface area (Å²) in [4.78, 5) is 24.2. The number of carbonyl (C=O) groups is 1. The van der Waals surface area contributed by atoms with Crippen LogP contribution >= 0.6 is 0 Å². The third-order valence-electron chi connectivity index (χ3n) is 5.11. The molecule has 27 heavy (non-hydrogen) atoms. The normalized spacial score (nSPS) is 18.7. The second kappa shape index (κ2) is 7.92. The minimum absolute atomic E-state index is 0.0615. The van der Waals surface area contributed by atoms with Crippen LogP contribution in [0.1, 0.15) is 55.4 Å². The quantitative estimate of drug-likeness (QED) is 0.759. The van der Waals surface area contributed by atoms with Crippen molar-refractivity contribution in [3.8, 4) is 0 Å². The van der Waals surface area contributed by atoms with Crippen molar-refractivity contribution in [2.45, 2.75) is 52.5 Å². The Hall–Kier alpha value is -2.02. The van der Waals surface area contributed by atoms with Crippen molar-refractivity contribution in [2.75, 3.05) is 18.1 Å². The Morgan fingerprint density at radius 2 is 1.78 bits per heavy atom. The lowest BCUT2D eigenvalue weighted by atomic mass is 10.1. The maximum atomic E-state index is 13.1. The smallest absolute Gasteiger partial charge is 0.254 e. The molecule has 1 saturated heterocycles. The zero-order valence-corrected chi connectivity index (χ0v) is 17.1. The lowest BCUT2D eigenvalue weighted by molar-refractivity contribution is 0.0697. The number of rotatable bonds is 6. The van der Waals surface area contributed by atoms with E-state index < -0.39 is 9.84 Å². The highest BCUT2D eigenvalue weighted by Crippen LogP contribution is 2.22. The number of amides is 1. The molecule has 0 radical (unpaired) electrons. The number of aromatic nitrogens is 2. The first kappa shape index (κ1) is 19.7. The van der Waals surface area contributed by atoms with Gasteiger partial charge in [-0.2, -0.15) is 0 Å². The maximum absolute atomic E-state index is 13.1. The molecule has 1 aromatic heterocycles. The number of carbonyl (C=O) groups excluding carboxylic acids is 1. The van der Waals surface area contributed by atoms with Crippen LogP contribution in [0.5, 0.6) is 0 Å². The van der Waals surface area contributed by atoms with Gasteiger partial charge in [0.2, 0.25) is 0 Å². The molecule has 1 fully saturated rings. The van der Waals surface area contributed by atoms with E-state index in [1.807, 2.05) is 19.9 Å². The van der Waals surface area contributed by atoms with Gasteiger partial charge in [-0.05, 0) is 43.9 Å². The molecule has 7 heteroatoms. The second-order valence-electron chi connectivity index (χ2n) is 7.08. The molecule has 2 heterocycles. The summed E-state index contributed by atoms with van der Waals surface area (Å²) in [6.45, 7) is 6.66.